The van der Waals surface area contributed by atoms with E-state index in [1.807, 2.05) is 6.92 Å². The van der Waals surface area contributed by atoms with Gasteiger partial charge in [0, 0.05) is 32.2 Å². The number of amides is 2. The van der Waals surface area contributed by atoms with E-state index in [2.05, 4.69) is 34.5 Å². The Balaban J connectivity index is 1.58. The largest absolute Gasteiger partial charge is 0.348 e. The van der Waals surface area contributed by atoms with Crippen molar-refractivity contribution in [1.82, 2.24) is 15.1 Å². The number of likely N-dealkylation sites (N-methyl/N-ethyl adjacent to an activating group) is 1. The van der Waals surface area contributed by atoms with Gasteiger partial charge in [-0.05, 0) is 49.8 Å². The van der Waals surface area contributed by atoms with Gasteiger partial charge in [0.15, 0.2) is 0 Å². The van der Waals surface area contributed by atoms with Crippen molar-refractivity contribution >= 4 is 11.8 Å². The van der Waals surface area contributed by atoms with Crippen LogP contribution in [0.5, 0.6) is 0 Å². The van der Waals surface area contributed by atoms with E-state index in [0.29, 0.717) is 12.6 Å². The van der Waals surface area contributed by atoms with Crippen molar-refractivity contribution in [2.75, 3.05) is 26.7 Å². The average Bonchev–Trinajstić information content (AvgIpc) is 3.09. The van der Waals surface area contributed by atoms with Crippen molar-refractivity contribution in [3.05, 3.63) is 35.4 Å². The Morgan fingerprint density at radius 2 is 1.92 bits per heavy atom. The van der Waals surface area contributed by atoms with Crippen LogP contribution in [0.2, 0.25) is 0 Å². The second kappa shape index (κ2) is 8.00. The molecule has 1 aliphatic heterocycles. The van der Waals surface area contributed by atoms with Gasteiger partial charge in [-0.25, -0.2) is 0 Å². The summed E-state index contributed by atoms with van der Waals surface area (Å²) in [7, 11) is 1.77. The Morgan fingerprint density at radius 1 is 1.24 bits per heavy atom. The van der Waals surface area contributed by atoms with Crippen LogP contribution in [-0.2, 0) is 22.4 Å². The monoisotopic (exact) mass is 343 g/mol. The third-order valence-electron chi connectivity index (χ3n) is 5.57. The van der Waals surface area contributed by atoms with Gasteiger partial charge in [0.2, 0.25) is 0 Å². The van der Waals surface area contributed by atoms with E-state index < -0.39 is 11.8 Å². The summed E-state index contributed by atoms with van der Waals surface area (Å²) in [5.41, 5.74) is 2.91. The SMILES string of the molecule is CCCNC(=O)C(=O)N(C)[C@@H]1CCCN(C2Cc3ccccc3C2)C1. The van der Waals surface area contributed by atoms with Gasteiger partial charge >= 0.3 is 11.8 Å². The summed E-state index contributed by atoms with van der Waals surface area (Å²) < 4.78 is 0. The molecule has 1 atom stereocenters. The Hall–Kier alpha value is -1.88. The van der Waals surface area contributed by atoms with Gasteiger partial charge in [0.05, 0.1) is 0 Å². The number of carbonyl (C=O) groups excluding carboxylic acids is 2. The van der Waals surface area contributed by atoms with E-state index in [1.165, 1.54) is 11.1 Å². The molecule has 2 amide bonds. The summed E-state index contributed by atoms with van der Waals surface area (Å²) in [6.45, 7) is 4.48. The molecule has 2 aliphatic rings. The first-order chi connectivity index (χ1) is 12.1. The molecule has 5 nitrogen and oxygen atoms in total. The molecule has 0 saturated carbocycles. The Morgan fingerprint density at radius 3 is 2.56 bits per heavy atom. The molecule has 5 heteroatoms. The van der Waals surface area contributed by atoms with Gasteiger partial charge in [0.1, 0.15) is 0 Å². The molecule has 0 spiro atoms. The number of benzene rings is 1. The molecule has 1 fully saturated rings. The lowest BCUT2D eigenvalue weighted by Crippen LogP contribution is -2.54. The highest BCUT2D eigenvalue weighted by molar-refractivity contribution is 6.35. The fourth-order valence-electron chi connectivity index (χ4n) is 4.07. The smallest absolute Gasteiger partial charge is 0.311 e. The van der Waals surface area contributed by atoms with Crippen molar-refractivity contribution < 1.29 is 9.59 Å². The van der Waals surface area contributed by atoms with E-state index in [1.54, 1.807) is 11.9 Å². The van der Waals surface area contributed by atoms with Gasteiger partial charge < -0.3 is 10.2 Å². The van der Waals surface area contributed by atoms with Crippen molar-refractivity contribution in [3.63, 3.8) is 0 Å². The van der Waals surface area contributed by atoms with Crippen LogP contribution in [0, 0.1) is 0 Å². The molecule has 1 heterocycles. The third kappa shape index (κ3) is 4.03. The molecule has 1 N–H and O–H groups in total. The topological polar surface area (TPSA) is 52.7 Å². The zero-order chi connectivity index (χ0) is 17.8. The van der Waals surface area contributed by atoms with Gasteiger partial charge in [0.25, 0.3) is 0 Å². The zero-order valence-corrected chi connectivity index (χ0v) is 15.3. The summed E-state index contributed by atoms with van der Waals surface area (Å²) in [5, 5.41) is 2.69. The molecule has 3 rings (SSSR count). The Bertz CT molecular complexity index is 606. The number of carbonyl (C=O) groups is 2. The van der Waals surface area contributed by atoms with Gasteiger partial charge in [-0.15, -0.1) is 0 Å². The number of hydrogen-bond acceptors (Lipinski definition) is 3. The van der Waals surface area contributed by atoms with Gasteiger partial charge in [-0.3, -0.25) is 14.5 Å². The quantitative estimate of drug-likeness (QED) is 0.845. The summed E-state index contributed by atoms with van der Waals surface area (Å²) in [5.74, 6) is -0.884. The maximum atomic E-state index is 12.3. The maximum absolute atomic E-state index is 12.3. The van der Waals surface area contributed by atoms with Crippen LogP contribution in [0.1, 0.15) is 37.3 Å². The standard InChI is InChI=1S/C20H29N3O2/c1-3-10-21-19(24)20(25)22(2)17-9-6-11-23(14-17)18-12-15-7-4-5-8-16(15)13-18/h4-5,7-8,17-18H,3,6,9-14H2,1-2H3,(H,21,24)/t17-/m1/s1. The molecule has 1 aromatic rings. The van der Waals surface area contributed by atoms with Crippen LogP contribution in [0.3, 0.4) is 0 Å². The lowest BCUT2D eigenvalue weighted by molar-refractivity contribution is -0.147. The van der Waals surface area contributed by atoms with E-state index in [0.717, 1.165) is 45.2 Å². The molecule has 0 radical (unpaired) electrons. The minimum absolute atomic E-state index is 0.123. The Labute approximate surface area is 150 Å². The fraction of sp³-hybridized carbons (Fsp3) is 0.600. The van der Waals surface area contributed by atoms with Crippen LogP contribution in [0.15, 0.2) is 24.3 Å². The summed E-state index contributed by atoms with van der Waals surface area (Å²) in [6.07, 6.45) is 5.07. The van der Waals surface area contributed by atoms with E-state index in [4.69, 9.17) is 0 Å². The number of likely N-dealkylation sites (tertiary alicyclic amines) is 1. The molecule has 1 aliphatic carbocycles. The number of nitrogens with one attached hydrogen (secondary N) is 1. The summed E-state index contributed by atoms with van der Waals surface area (Å²) in [4.78, 5) is 28.5. The maximum Gasteiger partial charge on any atom is 0.311 e. The summed E-state index contributed by atoms with van der Waals surface area (Å²) >= 11 is 0. The predicted octanol–water partition coefficient (Wildman–Crippen LogP) is 1.60. The predicted molar refractivity (Wildman–Crippen MR) is 98.3 cm³/mol. The molecule has 25 heavy (non-hydrogen) atoms. The highest BCUT2D eigenvalue weighted by Gasteiger charge is 2.33. The normalized spacial score (nSPS) is 21.0. The van der Waals surface area contributed by atoms with Crippen LogP contribution in [0.4, 0.5) is 0 Å². The number of hydrogen-bond donors (Lipinski definition) is 1. The highest BCUT2D eigenvalue weighted by atomic mass is 16.2. The molecule has 136 valence electrons. The first kappa shape index (κ1) is 17.9. The third-order valence-corrected chi connectivity index (χ3v) is 5.57. The number of nitrogens with zero attached hydrogens (tertiary/aromatic N) is 2. The van der Waals surface area contributed by atoms with Crippen LogP contribution in [0.25, 0.3) is 0 Å². The zero-order valence-electron chi connectivity index (χ0n) is 15.3. The second-order valence-electron chi connectivity index (χ2n) is 7.29. The molecule has 1 saturated heterocycles. The molecular formula is C20H29N3O2. The molecular weight excluding hydrogens is 314 g/mol. The highest BCUT2D eigenvalue weighted by Crippen LogP contribution is 2.28. The lowest BCUT2D eigenvalue weighted by atomic mass is 10.0. The van der Waals surface area contributed by atoms with Crippen molar-refractivity contribution in [2.24, 2.45) is 0 Å². The van der Waals surface area contributed by atoms with E-state index >= 15 is 0 Å². The van der Waals surface area contributed by atoms with Crippen LogP contribution >= 0.6 is 0 Å². The average molecular weight is 343 g/mol. The van der Waals surface area contributed by atoms with Crippen LogP contribution in [-0.4, -0.2) is 60.4 Å². The second-order valence-corrected chi connectivity index (χ2v) is 7.29. The lowest BCUT2D eigenvalue weighted by Gasteiger charge is -2.40. The minimum atomic E-state index is -0.477. The Kier molecular flexibility index (Phi) is 5.74. The molecule has 0 bridgehead atoms. The van der Waals surface area contributed by atoms with E-state index in [-0.39, 0.29) is 6.04 Å². The number of piperidine rings is 1. The summed E-state index contributed by atoms with van der Waals surface area (Å²) in [6, 6.07) is 9.33. The number of rotatable bonds is 4. The first-order valence-corrected chi connectivity index (χ1v) is 9.46. The van der Waals surface area contributed by atoms with E-state index in [9.17, 15) is 9.59 Å². The van der Waals surface area contributed by atoms with Crippen molar-refractivity contribution in [1.29, 1.82) is 0 Å². The molecule has 1 aromatic carbocycles. The van der Waals surface area contributed by atoms with Gasteiger partial charge in [-0.1, -0.05) is 31.2 Å². The fourth-order valence-corrected chi connectivity index (χ4v) is 4.07. The minimum Gasteiger partial charge on any atom is -0.348 e. The van der Waals surface area contributed by atoms with Crippen molar-refractivity contribution in [2.45, 2.75) is 51.1 Å². The van der Waals surface area contributed by atoms with Crippen LogP contribution < -0.4 is 5.32 Å². The van der Waals surface area contributed by atoms with Crippen molar-refractivity contribution in [3.8, 4) is 0 Å². The molecule has 0 aromatic heterocycles. The number of fused-ring (bicyclic) bond motifs is 1. The first-order valence-electron chi connectivity index (χ1n) is 9.46. The molecule has 0 unspecified atom stereocenters. The van der Waals surface area contributed by atoms with Gasteiger partial charge in [-0.2, -0.15) is 0 Å².